The molecule has 11 rings (SSSR count). The number of carbonyl (C=O) groups excluding carboxylic acids is 8. The van der Waals surface area contributed by atoms with Gasteiger partial charge in [-0.1, -0.05) is 96.4 Å². The van der Waals surface area contributed by atoms with Crippen LogP contribution >= 0.6 is 23.5 Å². The lowest BCUT2D eigenvalue weighted by Crippen LogP contribution is -2.38. The summed E-state index contributed by atoms with van der Waals surface area (Å²) in [6, 6.07) is 23.6. The number of carbonyl (C=O) groups is 8. The van der Waals surface area contributed by atoms with Gasteiger partial charge in [0.05, 0.1) is 91.9 Å². The average molecular weight is 1910 g/mol. The number of nitrogens with zero attached hydrogens (tertiary/aromatic N) is 4. The predicted octanol–water partition coefficient (Wildman–Crippen LogP) is 15.0. The summed E-state index contributed by atoms with van der Waals surface area (Å²) in [5.41, 5.74) is 19.2. The van der Waals surface area contributed by atoms with Crippen molar-refractivity contribution >= 4 is 125 Å². The smallest absolute Gasteiger partial charge is 0.319 e. The van der Waals surface area contributed by atoms with Crippen LogP contribution in [0.3, 0.4) is 0 Å². The van der Waals surface area contributed by atoms with E-state index in [1.54, 1.807) is 12.1 Å². The maximum Gasteiger partial charge on any atom is 0.319 e. The fourth-order valence-corrected chi connectivity index (χ4v) is 22.9. The van der Waals surface area contributed by atoms with Gasteiger partial charge in [0.15, 0.2) is 29.2 Å². The van der Waals surface area contributed by atoms with Gasteiger partial charge in [-0.15, -0.1) is 0 Å². The fourth-order valence-electron chi connectivity index (χ4n) is 18.9. The first-order valence-electron chi connectivity index (χ1n) is 47.3. The van der Waals surface area contributed by atoms with E-state index < -0.39 is 55.5 Å². The number of rotatable bonds is 56. The van der Waals surface area contributed by atoms with E-state index in [2.05, 4.69) is 103 Å². The summed E-state index contributed by atoms with van der Waals surface area (Å²) < 4.78 is 100. The summed E-state index contributed by atoms with van der Waals surface area (Å²) in [5, 5.41) is 15.6. The Morgan fingerprint density at radius 3 is 1.72 bits per heavy atom. The molecule has 2 fully saturated rings. The van der Waals surface area contributed by atoms with E-state index in [4.69, 9.17) is 35.2 Å². The zero-order chi connectivity index (χ0) is 95.4. The van der Waals surface area contributed by atoms with E-state index in [0.29, 0.717) is 155 Å². The van der Waals surface area contributed by atoms with Gasteiger partial charge in [-0.3, -0.25) is 42.7 Å². The number of aliphatic imine (C=N–C) groups is 2. The quantitative estimate of drug-likeness (QED) is 0.00652. The van der Waals surface area contributed by atoms with E-state index in [0.717, 1.165) is 91.2 Å². The number of ether oxygens (including phenoxy) is 5. The molecule has 4 aromatic rings. The van der Waals surface area contributed by atoms with Crippen molar-refractivity contribution in [3.63, 3.8) is 0 Å². The van der Waals surface area contributed by atoms with Crippen molar-refractivity contribution in [3.05, 3.63) is 154 Å². The van der Waals surface area contributed by atoms with Crippen LogP contribution in [-0.2, 0) is 74.0 Å². The Morgan fingerprint density at radius 2 is 1.15 bits per heavy atom. The summed E-state index contributed by atoms with van der Waals surface area (Å²) >= 11 is 3.76. The maximum atomic E-state index is 14.0. The Morgan fingerprint density at radius 1 is 0.602 bits per heavy atom. The summed E-state index contributed by atoms with van der Waals surface area (Å²) in [6.45, 7) is 13.1. The minimum Gasteiger partial charge on any atom is -0.469 e. The normalized spacial score (nSPS) is 20.4. The topological polar surface area (TPSA) is 435 Å². The standard InChI is InChI=1S/C99H135N11O19S4/c1-8-9-51-109-81-33-21-20-32-77(81)98(2,3)87(109)47-39-65-28-25-29-66(92(65)129-74-41-43-75(44-42-74)132(119,120)121)40-48-88-99(4,5)78-62-76(133(122,123)124)45-46-82(78)110(88)52-24-12-17-38-89(115)102-49-53-127-55-56-128-54-50-103-97(118)104-71-58-69(83(113)34-15-10-13-26-67(93(116)125-6)60-72(111)30-18-22-36-85-90-79(63-130-85)105-95(100)107-90)57-70(59-71)84(114)35-16-11-14-27-68(94(117)126-7)61-73(112)31-19-23-37-86-91-80(64-131-86)106-96(101)108-91/h20-21,32-33,39-48,57-59,62,67-68,79-80,85-86,90-91H,8-19,22-31,34-38,49-56,60-61,63-64H2,1-7H3,(H10-,100,101,102,103,104,105,106,107,108,115,118,119,120,121,122,123,124)/p+1/t67?,68?,79-,80-,85-,86-,90-,91-/m0/s1. The van der Waals surface area contributed by atoms with Gasteiger partial charge < -0.3 is 66.6 Å². The third-order valence-corrected chi connectivity index (χ3v) is 30.8. The molecule has 133 heavy (non-hydrogen) atoms. The molecule has 3 amide bonds. The molecule has 0 aromatic heterocycles. The number of methoxy groups -OCH3 is 2. The molecule has 724 valence electrons. The minimum absolute atomic E-state index is 0.00215. The van der Waals surface area contributed by atoms with Gasteiger partial charge in [-0.2, -0.15) is 44.9 Å². The minimum atomic E-state index is -4.55. The monoisotopic (exact) mass is 1910 g/mol. The molecule has 8 atom stereocenters. The van der Waals surface area contributed by atoms with E-state index in [9.17, 15) is 64.3 Å². The highest BCUT2D eigenvalue weighted by Crippen LogP contribution is 2.50. The van der Waals surface area contributed by atoms with Crippen LogP contribution in [0.1, 0.15) is 253 Å². The largest absolute Gasteiger partial charge is 0.469 e. The number of fused-ring (bicyclic) bond motifs is 4. The van der Waals surface area contributed by atoms with E-state index in [1.165, 1.54) is 74.0 Å². The molecule has 2 unspecified atom stereocenters. The van der Waals surface area contributed by atoms with Crippen molar-refractivity contribution in [1.82, 2.24) is 21.3 Å². The lowest BCUT2D eigenvalue weighted by Gasteiger charge is -2.27. The number of benzene rings is 4. The molecule has 30 nitrogen and oxygen atoms in total. The van der Waals surface area contributed by atoms with Crippen LogP contribution in [-0.4, -0.2) is 208 Å². The zero-order valence-corrected chi connectivity index (χ0v) is 81.3. The number of esters is 2. The number of Topliss-reactive ketones (excluding diaryl/α,β-unsaturated/α-hetero) is 4. The molecule has 0 spiro atoms. The summed E-state index contributed by atoms with van der Waals surface area (Å²) in [5.74, 6) is 1.09. The summed E-state index contributed by atoms with van der Waals surface area (Å²) in [4.78, 5) is 118. The number of ketones is 4. The number of nitrogens with one attached hydrogen (secondary N) is 5. The van der Waals surface area contributed by atoms with Gasteiger partial charge >= 0.3 is 18.0 Å². The van der Waals surface area contributed by atoms with Crippen LogP contribution in [0.15, 0.2) is 152 Å². The number of unbranched alkanes of at least 4 members (excludes halogenated alkanes) is 9. The highest BCUT2D eigenvalue weighted by atomic mass is 32.2. The third kappa shape index (κ3) is 29.5. The number of allylic oxidation sites excluding steroid dienone is 7. The van der Waals surface area contributed by atoms with Crippen molar-refractivity contribution < 1.29 is 92.6 Å². The molecular weight excluding hydrogens is 1780 g/mol. The molecule has 0 bridgehead atoms. The van der Waals surface area contributed by atoms with Crippen LogP contribution in [0.2, 0.25) is 0 Å². The molecule has 1 aliphatic carbocycles. The van der Waals surface area contributed by atoms with Gasteiger partial charge in [0.25, 0.3) is 20.2 Å². The predicted molar refractivity (Wildman–Crippen MR) is 520 cm³/mol. The molecule has 2 saturated heterocycles. The highest BCUT2D eigenvalue weighted by Gasteiger charge is 2.46. The van der Waals surface area contributed by atoms with Gasteiger partial charge in [-0.05, 0) is 187 Å². The van der Waals surface area contributed by atoms with Crippen molar-refractivity contribution in [1.29, 1.82) is 0 Å². The second-order valence-electron chi connectivity index (χ2n) is 36.6. The Kier molecular flexibility index (Phi) is 38.9. The number of urea groups is 1. The number of para-hydroxylation sites is 1. The second-order valence-corrected chi connectivity index (χ2v) is 42.0. The SMILES string of the molecule is CCCC[N+]1=C(C=CC2=C(Oc3ccc(S(=O)(=O)O)cc3)C(=CC=C3N(CCCCCC(=O)NCCOCCOCCNC(=O)Nc4cc(C(=O)CCCCCC(CC(=O)CCCC[C@@H]5SC[C@@H]6NC(N)=N[C@@H]65)C(=O)OC)cc(C(=O)CCCCCC(CC(=O)CCCC[C@@H]5SC[C@@H]6NC(N)=N[C@@H]65)C(=O)OC)c4)c4ccc(S(=O)(=O)O)cc4C3(C)C)CCC2)C(C)(C)c2ccccc21. The maximum absolute atomic E-state index is 14.0. The molecule has 6 heterocycles. The lowest BCUT2D eigenvalue weighted by molar-refractivity contribution is -0.438. The van der Waals surface area contributed by atoms with E-state index in [1.807, 2.05) is 49.5 Å². The zero-order valence-electron chi connectivity index (χ0n) is 78.0. The lowest BCUT2D eigenvalue weighted by atomic mass is 9.81. The summed E-state index contributed by atoms with van der Waals surface area (Å²) in [7, 11) is -6.40. The number of nitrogens with two attached hydrogens (primary N) is 2. The van der Waals surface area contributed by atoms with Crippen molar-refractivity contribution in [2.45, 2.75) is 276 Å². The summed E-state index contributed by atoms with van der Waals surface area (Å²) in [6.07, 6.45) is 24.9. The van der Waals surface area contributed by atoms with Gasteiger partial charge in [0.2, 0.25) is 11.6 Å². The second kappa shape index (κ2) is 49.8. The molecule has 11 N–H and O–H groups in total. The third-order valence-electron chi connectivity index (χ3n) is 26.1. The van der Waals surface area contributed by atoms with Crippen molar-refractivity contribution in [2.24, 2.45) is 33.3 Å². The fraction of sp³-hybridized carbons (Fsp3) is 0.566. The molecular formula is C99H136N11O19S4+. The Balaban J connectivity index is 0.627. The number of hydrogen-bond acceptors (Lipinski definition) is 26. The molecule has 0 radical (unpaired) electrons. The number of thioether (sulfide) groups is 2. The number of guanidine groups is 2. The highest BCUT2D eigenvalue weighted by molar-refractivity contribution is 8.00. The molecule has 4 aromatic carbocycles. The molecule has 6 aliphatic heterocycles. The Hall–Kier alpha value is -9.55. The first-order valence-corrected chi connectivity index (χ1v) is 52.2. The van der Waals surface area contributed by atoms with Crippen molar-refractivity contribution in [2.75, 3.05) is 88.5 Å². The van der Waals surface area contributed by atoms with Crippen LogP contribution in [0.25, 0.3) is 0 Å². The number of amides is 3. The van der Waals surface area contributed by atoms with E-state index in [-0.39, 0.29) is 157 Å². The average Bonchev–Trinajstić information content (AvgIpc) is 1.58. The molecule has 7 aliphatic rings. The van der Waals surface area contributed by atoms with Gasteiger partial charge in [0.1, 0.15) is 29.6 Å². The first kappa shape index (κ1) is 104. The van der Waals surface area contributed by atoms with Crippen LogP contribution in [0.5, 0.6) is 5.75 Å². The number of hydrogen-bond donors (Lipinski definition) is 9. The van der Waals surface area contributed by atoms with Crippen LogP contribution in [0.4, 0.5) is 21.9 Å². The van der Waals surface area contributed by atoms with E-state index >= 15 is 0 Å². The van der Waals surface area contributed by atoms with Crippen LogP contribution in [0, 0.1) is 11.8 Å². The van der Waals surface area contributed by atoms with Crippen LogP contribution < -0.4 is 47.7 Å². The van der Waals surface area contributed by atoms with Gasteiger partial charge in [0, 0.05) is 144 Å². The first-order chi connectivity index (χ1) is 63.7. The molecule has 0 saturated carbocycles. The number of anilines is 2. The van der Waals surface area contributed by atoms with Gasteiger partial charge in [-0.25, -0.2) is 14.8 Å². The molecule has 34 heteroatoms. The Bertz CT molecular complexity index is 5140. The Labute approximate surface area is 792 Å². The van der Waals surface area contributed by atoms with Crippen molar-refractivity contribution in [3.8, 4) is 5.75 Å².